The van der Waals surface area contributed by atoms with Gasteiger partial charge in [-0.05, 0) is 24.1 Å². The Balaban J connectivity index is 2.70. The van der Waals surface area contributed by atoms with Crippen LogP contribution in [0.4, 0.5) is 0 Å². The first kappa shape index (κ1) is 11.8. The van der Waals surface area contributed by atoms with Crippen LogP contribution < -0.4 is 5.73 Å². The molecular weight excluding hydrogens is 221 g/mol. The average molecular weight is 234 g/mol. The molecule has 0 bridgehead atoms. The van der Waals surface area contributed by atoms with Crippen molar-refractivity contribution in [1.82, 2.24) is 0 Å². The first-order valence-electron chi connectivity index (χ1n) is 4.34. The Bertz CT molecular complexity index is 304. The van der Waals surface area contributed by atoms with E-state index in [-0.39, 0.29) is 6.04 Å². The number of hydrogen-bond acceptors (Lipinski definition) is 2. The summed E-state index contributed by atoms with van der Waals surface area (Å²) in [7, 11) is 1.65. The minimum Gasteiger partial charge on any atom is -0.385 e. The lowest BCUT2D eigenvalue weighted by atomic mass is 10.1. The fourth-order valence-electron chi connectivity index (χ4n) is 1.15. The Labute approximate surface area is 94.0 Å². The van der Waals surface area contributed by atoms with Crippen LogP contribution in [0.2, 0.25) is 10.0 Å². The number of rotatable bonds is 4. The summed E-state index contributed by atoms with van der Waals surface area (Å²) in [5, 5.41) is 1.09. The molecular formula is C10H13Cl2NO. The Kier molecular flexibility index (Phi) is 4.69. The highest BCUT2D eigenvalue weighted by molar-refractivity contribution is 6.42. The van der Waals surface area contributed by atoms with Crippen LogP contribution in [-0.2, 0) is 4.74 Å². The summed E-state index contributed by atoms with van der Waals surface area (Å²) >= 11 is 11.7. The van der Waals surface area contributed by atoms with E-state index >= 15 is 0 Å². The van der Waals surface area contributed by atoms with Crippen LogP contribution in [0.25, 0.3) is 0 Å². The molecule has 0 radical (unpaired) electrons. The van der Waals surface area contributed by atoms with E-state index < -0.39 is 0 Å². The summed E-state index contributed by atoms with van der Waals surface area (Å²) in [6, 6.07) is 5.38. The van der Waals surface area contributed by atoms with Crippen molar-refractivity contribution in [1.29, 1.82) is 0 Å². The van der Waals surface area contributed by atoms with Crippen molar-refractivity contribution >= 4 is 23.2 Å². The number of methoxy groups -OCH3 is 1. The minimum absolute atomic E-state index is 0.0512. The molecule has 1 atom stereocenters. The predicted octanol–water partition coefficient (Wildman–Crippen LogP) is 3.03. The van der Waals surface area contributed by atoms with Crippen LogP contribution in [0.5, 0.6) is 0 Å². The number of hydrogen-bond donors (Lipinski definition) is 1. The van der Waals surface area contributed by atoms with E-state index in [9.17, 15) is 0 Å². The third-order valence-corrected chi connectivity index (χ3v) is 2.74. The van der Waals surface area contributed by atoms with Crippen molar-refractivity contribution < 1.29 is 4.74 Å². The molecule has 0 saturated heterocycles. The van der Waals surface area contributed by atoms with Gasteiger partial charge in [0.2, 0.25) is 0 Å². The molecule has 0 heterocycles. The molecule has 0 aromatic heterocycles. The van der Waals surface area contributed by atoms with Crippen LogP contribution in [0.1, 0.15) is 18.0 Å². The summed E-state index contributed by atoms with van der Waals surface area (Å²) in [6.45, 7) is 0.640. The molecule has 0 spiro atoms. The summed E-state index contributed by atoms with van der Waals surface area (Å²) in [5.41, 5.74) is 6.90. The van der Waals surface area contributed by atoms with Gasteiger partial charge in [-0.3, -0.25) is 0 Å². The fraction of sp³-hybridized carbons (Fsp3) is 0.400. The monoisotopic (exact) mass is 233 g/mol. The van der Waals surface area contributed by atoms with Crippen LogP contribution >= 0.6 is 23.2 Å². The lowest BCUT2D eigenvalue weighted by Crippen LogP contribution is -2.12. The van der Waals surface area contributed by atoms with Gasteiger partial charge in [0.25, 0.3) is 0 Å². The number of halogens is 2. The Morgan fingerprint density at radius 1 is 1.36 bits per heavy atom. The topological polar surface area (TPSA) is 35.2 Å². The standard InChI is InChI=1S/C10H13Cl2NO/c1-14-5-4-10(13)7-2-3-8(11)9(12)6-7/h2-3,6,10H,4-5,13H2,1H3/t10-/m0/s1. The SMILES string of the molecule is COCC[C@H](N)c1ccc(Cl)c(Cl)c1. The third-order valence-electron chi connectivity index (χ3n) is 2.00. The summed E-state index contributed by atoms with van der Waals surface area (Å²) in [5.74, 6) is 0. The molecule has 2 N–H and O–H groups in total. The number of ether oxygens (including phenoxy) is 1. The molecule has 2 nitrogen and oxygen atoms in total. The van der Waals surface area contributed by atoms with Crippen molar-refractivity contribution in [2.24, 2.45) is 5.73 Å². The third kappa shape index (κ3) is 3.14. The van der Waals surface area contributed by atoms with Crippen LogP contribution in [0.3, 0.4) is 0 Å². The highest BCUT2D eigenvalue weighted by Gasteiger charge is 2.07. The van der Waals surface area contributed by atoms with Crippen molar-refractivity contribution in [3.63, 3.8) is 0 Å². The molecule has 1 aromatic carbocycles. The largest absolute Gasteiger partial charge is 0.385 e. The molecule has 0 aliphatic carbocycles. The van der Waals surface area contributed by atoms with E-state index in [1.165, 1.54) is 0 Å². The number of benzene rings is 1. The Hall–Kier alpha value is -0.280. The van der Waals surface area contributed by atoms with Gasteiger partial charge in [0.05, 0.1) is 10.0 Å². The predicted molar refractivity (Wildman–Crippen MR) is 59.9 cm³/mol. The zero-order chi connectivity index (χ0) is 10.6. The van der Waals surface area contributed by atoms with Crippen molar-refractivity contribution in [3.05, 3.63) is 33.8 Å². The lowest BCUT2D eigenvalue weighted by molar-refractivity contribution is 0.188. The second-order valence-corrected chi connectivity index (χ2v) is 3.88. The molecule has 0 aliphatic heterocycles. The van der Waals surface area contributed by atoms with Gasteiger partial charge in [-0.2, -0.15) is 0 Å². The maximum atomic E-state index is 5.92. The van der Waals surface area contributed by atoms with Crippen molar-refractivity contribution in [2.75, 3.05) is 13.7 Å². The van der Waals surface area contributed by atoms with Gasteiger partial charge in [-0.25, -0.2) is 0 Å². The van der Waals surface area contributed by atoms with Crippen LogP contribution in [0.15, 0.2) is 18.2 Å². The first-order valence-corrected chi connectivity index (χ1v) is 5.10. The number of nitrogens with two attached hydrogens (primary N) is 1. The maximum absolute atomic E-state index is 5.92. The van der Waals surface area contributed by atoms with E-state index in [0.29, 0.717) is 16.7 Å². The zero-order valence-corrected chi connectivity index (χ0v) is 9.48. The molecule has 78 valence electrons. The van der Waals surface area contributed by atoms with E-state index in [1.54, 1.807) is 19.2 Å². The normalized spacial score (nSPS) is 12.9. The van der Waals surface area contributed by atoms with Crippen molar-refractivity contribution in [3.8, 4) is 0 Å². The van der Waals surface area contributed by atoms with E-state index in [0.717, 1.165) is 12.0 Å². The summed E-state index contributed by atoms with van der Waals surface area (Å²) in [4.78, 5) is 0. The van der Waals surface area contributed by atoms with Crippen LogP contribution in [-0.4, -0.2) is 13.7 Å². The molecule has 1 rings (SSSR count). The zero-order valence-electron chi connectivity index (χ0n) is 7.97. The highest BCUT2D eigenvalue weighted by Crippen LogP contribution is 2.25. The molecule has 1 aromatic rings. The summed E-state index contributed by atoms with van der Waals surface area (Å²) < 4.78 is 4.95. The minimum atomic E-state index is -0.0512. The van der Waals surface area contributed by atoms with E-state index in [1.807, 2.05) is 6.07 Å². The fourth-order valence-corrected chi connectivity index (χ4v) is 1.46. The molecule has 0 fully saturated rings. The average Bonchev–Trinajstić information content (AvgIpc) is 2.18. The van der Waals surface area contributed by atoms with Gasteiger partial charge in [-0.1, -0.05) is 29.3 Å². The summed E-state index contributed by atoms with van der Waals surface area (Å²) in [6.07, 6.45) is 0.772. The molecule has 0 aliphatic rings. The smallest absolute Gasteiger partial charge is 0.0595 e. The van der Waals surface area contributed by atoms with Gasteiger partial charge in [0.15, 0.2) is 0 Å². The molecule has 14 heavy (non-hydrogen) atoms. The Morgan fingerprint density at radius 3 is 2.64 bits per heavy atom. The second kappa shape index (κ2) is 5.56. The van der Waals surface area contributed by atoms with Gasteiger partial charge in [-0.15, -0.1) is 0 Å². The molecule has 4 heteroatoms. The van der Waals surface area contributed by atoms with Crippen molar-refractivity contribution in [2.45, 2.75) is 12.5 Å². The second-order valence-electron chi connectivity index (χ2n) is 3.06. The highest BCUT2D eigenvalue weighted by atomic mass is 35.5. The van der Waals surface area contributed by atoms with Crippen LogP contribution in [0, 0.1) is 0 Å². The quantitative estimate of drug-likeness (QED) is 0.868. The first-order chi connectivity index (χ1) is 6.65. The maximum Gasteiger partial charge on any atom is 0.0595 e. The molecule has 0 unspecified atom stereocenters. The lowest BCUT2D eigenvalue weighted by Gasteiger charge is -2.11. The van der Waals surface area contributed by atoms with E-state index in [2.05, 4.69) is 0 Å². The van der Waals surface area contributed by atoms with Gasteiger partial charge in [0.1, 0.15) is 0 Å². The Morgan fingerprint density at radius 2 is 2.07 bits per heavy atom. The van der Waals surface area contributed by atoms with Gasteiger partial charge in [0, 0.05) is 19.8 Å². The van der Waals surface area contributed by atoms with Gasteiger partial charge >= 0.3 is 0 Å². The van der Waals surface area contributed by atoms with E-state index in [4.69, 9.17) is 33.7 Å². The molecule has 0 amide bonds. The molecule has 0 saturated carbocycles. The van der Waals surface area contributed by atoms with Gasteiger partial charge < -0.3 is 10.5 Å².